The van der Waals surface area contributed by atoms with E-state index in [0.29, 0.717) is 6.41 Å². The fourth-order valence-electron chi connectivity index (χ4n) is 0.483. The summed E-state index contributed by atoms with van der Waals surface area (Å²) in [5, 5.41) is 0. The van der Waals surface area contributed by atoms with Crippen LogP contribution in [0.25, 0.3) is 0 Å². The van der Waals surface area contributed by atoms with Crippen molar-refractivity contribution in [3.05, 3.63) is 24.0 Å². The fraction of sp³-hybridized carbons (Fsp3) is 0. The summed E-state index contributed by atoms with van der Waals surface area (Å²) >= 11 is 0. The van der Waals surface area contributed by atoms with E-state index in [1.54, 1.807) is 0 Å². The Labute approximate surface area is 49.7 Å². The van der Waals surface area contributed by atoms with E-state index in [2.05, 4.69) is 0 Å². The monoisotopic (exact) mass is 131 g/mol. The van der Waals surface area contributed by atoms with E-state index in [-0.39, 0.29) is 0 Å². The number of carbonyl (C=O) groups excluding carboxylic acids is 1. The zero-order chi connectivity index (χ0) is 6.85. The molecule has 1 aromatic heterocycles. The second-order valence-corrected chi connectivity index (χ2v) is 1.51. The first-order chi connectivity index (χ1) is 4.24. The maximum absolute atomic E-state index is 12.0. The number of carbonyl (C=O) groups is 1. The van der Waals surface area contributed by atoms with Gasteiger partial charge in [0.2, 0.25) is 6.41 Å². The Bertz CT molecular complexity index is 211. The molecule has 0 bridgehead atoms. The highest BCUT2D eigenvalue weighted by atomic mass is 19.2. The van der Waals surface area contributed by atoms with Gasteiger partial charge in [0.15, 0.2) is 11.6 Å². The third kappa shape index (κ3) is 0.960. The van der Waals surface area contributed by atoms with Crippen molar-refractivity contribution in [3.8, 4) is 0 Å². The van der Waals surface area contributed by atoms with Crippen LogP contribution in [0, 0.1) is 11.6 Å². The zero-order valence-corrected chi connectivity index (χ0v) is 4.34. The molecular formula is C5H3F2NO. The molecule has 0 amide bonds. The van der Waals surface area contributed by atoms with E-state index in [9.17, 15) is 13.6 Å². The highest BCUT2D eigenvalue weighted by Crippen LogP contribution is 2.03. The normalized spacial score (nSPS) is 9.56. The average Bonchev–Trinajstić information content (AvgIpc) is 2.13. The first-order valence-corrected chi connectivity index (χ1v) is 2.22. The number of nitrogens with zero attached hydrogens (tertiary/aromatic N) is 1. The molecule has 0 aliphatic rings. The Morgan fingerprint density at radius 1 is 1.33 bits per heavy atom. The van der Waals surface area contributed by atoms with E-state index in [1.165, 1.54) is 0 Å². The minimum Gasteiger partial charge on any atom is -0.291 e. The summed E-state index contributed by atoms with van der Waals surface area (Å²) in [4.78, 5) is 9.80. The maximum atomic E-state index is 12.0. The van der Waals surface area contributed by atoms with Crippen LogP contribution >= 0.6 is 0 Å². The smallest absolute Gasteiger partial charge is 0.217 e. The van der Waals surface area contributed by atoms with Crippen molar-refractivity contribution in [3.63, 3.8) is 0 Å². The Kier molecular flexibility index (Phi) is 1.30. The molecule has 9 heavy (non-hydrogen) atoms. The van der Waals surface area contributed by atoms with E-state index in [0.717, 1.165) is 17.0 Å². The Balaban J connectivity index is 3.11. The van der Waals surface area contributed by atoms with Gasteiger partial charge in [-0.05, 0) is 0 Å². The number of rotatable bonds is 1. The molecule has 0 aliphatic heterocycles. The van der Waals surface area contributed by atoms with E-state index in [4.69, 9.17) is 0 Å². The molecule has 1 heterocycles. The van der Waals surface area contributed by atoms with Crippen LogP contribution in [0.4, 0.5) is 8.78 Å². The summed E-state index contributed by atoms with van der Waals surface area (Å²) in [5.41, 5.74) is 0. The van der Waals surface area contributed by atoms with Gasteiger partial charge in [0.25, 0.3) is 0 Å². The molecule has 0 fully saturated rings. The molecule has 4 heteroatoms. The third-order valence-electron chi connectivity index (χ3n) is 0.875. The lowest BCUT2D eigenvalue weighted by Crippen LogP contribution is -1.86. The lowest BCUT2D eigenvalue weighted by Gasteiger charge is -1.77. The Morgan fingerprint density at radius 3 is 2.00 bits per heavy atom. The van der Waals surface area contributed by atoms with Gasteiger partial charge < -0.3 is 0 Å². The van der Waals surface area contributed by atoms with E-state index < -0.39 is 11.6 Å². The second kappa shape index (κ2) is 1.97. The van der Waals surface area contributed by atoms with E-state index in [1.807, 2.05) is 0 Å². The molecule has 0 atom stereocenters. The molecule has 0 aromatic carbocycles. The molecule has 0 N–H and O–H groups in total. The van der Waals surface area contributed by atoms with Crippen molar-refractivity contribution in [2.45, 2.75) is 0 Å². The fourth-order valence-corrected chi connectivity index (χ4v) is 0.483. The van der Waals surface area contributed by atoms with Crippen LogP contribution in [0.5, 0.6) is 0 Å². The van der Waals surface area contributed by atoms with E-state index >= 15 is 0 Å². The first-order valence-electron chi connectivity index (χ1n) is 2.22. The van der Waals surface area contributed by atoms with Gasteiger partial charge in [0.05, 0.1) is 12.4 Å². The molecule has 1 aromatic rings. The predicted octanol–water partition coefficient (Wildman–Crippen LogP) is 0.805. The van der Waals surface area contributed by atoms with Gasteiger partial charge >= 0.3 is 0 Å². The van der Waals surface area contributed by atoms with Crippen LogP contribution in [0.2, 0.25) is 0 Å². The van der Waals surface area contributed by atoms with Gasteiger partial charge in [-0.3, -0.25) is 9.36 Å². The number of hydrogen-bond acceptors (Lipinski definition) is 1. The molecule has 2 nitrogen and oxygen atoms in total. The van der Waals surface area contributed by atoms with Crippen LogP contribution in [0.3, 0.4) is 0 Å². The summed E-state index contributed by atoms with van der Waals surface area (Å²) in [6.45, 7) is 0. The van der Waals surface area contributed by atoms with Crippen molar-refractivity contribution in [1.29, 1.82) is 0 Å². The molecular weight excluding hydrogens is 128 g/mol. The molecule has 48 valence electrons. The minimum atomic E-state index is -1.01. The zero-order valence-electron chi connectivity index (χ0n) is 4.34. The van der Waals surface area contributed by atoms with Crippen LogP contribution in [0.1, 0.15) is 0 Å². The number of halogens is 2. The summed E-state index contributed by atoms with van der Waals surface area (Å²) in [6.07, 6.45) is 1.84. The summed E-state index contributed by atoms with van der Waals surface area (Å²) in [5.74, 6) is -2.02. The van der Waals surface area contributed by atoms with Gasteiger partial charge in [0, 0.05) is 0 Å². The van der Waals surface area contributed by atoms with Crippen molar-refractivity contribution >= 4 is 6.41 Å². The van der Waals surface area contributed by atoms with Crippen molar-refractivity contribution in [2.24, 2.45) is 0 Å². The van der Waals surface area contributed by atoms with Crippen LogP contribution in [-0.4, -0.2) is 11.0 Å². The first kappa shape index (κ1) is 5.94. The van der Waals surface area contributed by atoms with Crippen molar-refractivity contribution < 1.29 is 13.6 Å². The largest absolute Gasteiger partial charge is 0.291 e. The molecule has 0 aliphatic carbocycles. The summed E-state index contributed by atoms with van der Waals surface area (Å²) in [6, 6.07) is 0. The maximum Gasteiger partial charge on any atom is 0.217 e. The van der Waals surface area contributed by atoms with Gasteiger partial charge in [-0.15, -0.1) is 0 Å². The predicted molar refractivity (Wildman–Crippen MR) is 26.5 cm³/mol. The third-order valence-corrected chi connectivity index (χ3v) is 0.875. The number of hydrogen-bond donors (Lipinski definition) is 0. The Hall–Kier alpha value is -1.19. The van der Waals surface area contributed by atoms with Gasteiger partial charge in [-0.25, -0.2) is 8.78 Å². The van der Waals surface area contributed by atoms with Crippen LogP contribution in [0.15, 0.2) is 12.4 Å². The second-order valence-electron chi connectivity index (χ2n) is 1.51. The van der Waals surface area contributed by atoms with Gasteiger partial charge in [0.1, 0.15) is 0 Å². The van der Waals surface area contributed by atoms with Crippen molar-refractivity contribution in [1.82, 2.24) is 4.57 Å². The molecule has 0 spiro atoms. The Morgan fingerprint density at radius 2 is 1.78 bits per heavy atom. The molecule has 0 saturated heterocycles. The van der Waals surface area contributed by atoms with Gasteiger partial charge in [-0.2, -0.15) is 0 Å². The quantitative estimate of drug-likeness (QED) is 0.517. The molecule has 0 radical (unpaired) electrons. The molecule has 0 saturated carbocycles. The highest BCUT2D eigenvalue weighted by Gasteiger charge is 2.02. The highest BCUT2D eigenvalue weighted by molar-refractivity contribution is 5.51. The molecule has 0 unspecified atom stereocenters. The van der Waals surface area contributed by atoms with Crippen LogP contribution in [-0.2, 0) is 4.79 Å². The molecule has 1 rings (SSSR count). The lowest BCUT2D eigenvalue weighted by atomic mass is 10.6. The minimum absolute atomic E-state index is 0.312. The standard InChI is InChI=1S/C5H3F2NO/c6-4-1-8(3-9)2-5(4)7/h1-3H. The number of aromatic nitrogens is 1. The van der Waals surface area contributed by atoms with Gasteiger partial charge in [-0.1, -0.05) is 0 Å². The SMILES string of the molecule is O=Cn1cc(F)c(F)c1. The summed E-state index contributed by atoms with van der Waals surface area (Å²) < 4.78 is 24.7. The summed E-state index contributed by atoms with van der Waals surface area (Å²) in [7, 11) is 0. The lowest BCUT2D eigenvalue weighted by molar-refractivity contribution is 0.516. The van der Waals surface area contributed by atoms with Crippen molar-refractivity contribution in [2.75, 3.05) is 0 Å². The topological polar surface area (TPSA) is 22.0 Å². The van der Waals surface area contributed by atoms with Crippen LogP contribution < -0.4 is 0 Å². The average molecular weight is 131 g/mol.